The molecule has 2 aromatic rings. The summed E-state index contributed by atoms with van der Waals surface area (Å²) in [4.78, 5) is 15.0. The lowest BCUT2D eigenvalue weighted by atomic mass is 10.0. The van der Waals surface area contributed by atoms with E-state index in [1.165, 1.54) is 19.2 Å². The Morgan fingerprint density at radius 3 is 2.35 bits per heavy atom. The Morgan fingerprint density at radius 1 is 1.03 bits per heavy atom. The fourth-order valence-corrected chi connectivity index (χ4v) is 5.30. The van der Waals surface area contributed by atoms with Crippen LogP contribution in [0.25, 0.3) is 0 Å². The third-order valence-corrected chi connectivity index (χ3v) is 7.38. The van der Waals surface area contributed by atoms with E-state index in [1.807, 2.05) is 39.0 Å². The molecule has 1 N–H and O–H groups in total. The van der Waals surface area contributed by atoms with Crippen molar-refractivity contribution < 1.29 is 17.9 Å². The average Bonchev–Trinajstić information content (AvgIpc) is 3.03. The molecule has 31 heavy (non-hydrogen) atoms. The number of nitrogens with zero attached hydrogens (tertiary/aromatic N) is 1. The van der Waals surface area contributed by atoms with E-state index in [1.54, 1.807) is 11.0 Å². The molecule has 1 atom stereocenters. The Morgan fingerprint density at radius 2 is 1.71 bits per heavy atom. The van der Waals surface area contributed by atoms with Crippen molar-refractivity contribution >= 4 is 15.9 Å². The Kier molecular flexibility index (Phi) is 7.38. The number of sulfonamides is 1. The molecule has 6 nitrogen and oxygen atoms in total. The van der Waals surface area contributed by atoms with Crippen LogP contribution in [0.5, 0.6) is 5.75 Å². The summed E-state index contributed by atoms with van der Waals surface area (Å²) in [5, 5.41) is 0. The molecule has 2 aromatic carbocycles. The summed E-state index contributed by atoms with van der Waals surface area (Å²) >= 11 is 0. The van der Waals surface area contributed by atoms with E-state index in [4.69, 9.17) is 4.74 Å². The van der Waals surface area contributed by atoms with Gasteiger partial charge >= 0.3 is 0 Å². The molecular weight excluding hydrogens is 412 g/mol. The molecule has 7 heteroatoms. The molecule has 0 aromatic heterocycles. The second-order valence-corrected chi connectivity index (χ2v) is 9.99. The molecule has 168 valence electrons. The van der Waals surface area contributed by atoms with E-state index in [-0.39, 0.29) is 16.4 Å². The predicted octanol–water partition coefficient (Wildman–Crippen LogP) is 4.37. The number of hydrogen-bond donors (Lipinski definition) is 1. The minimum atomic E-state index is -3.83. The first-order valence-electron chi connectivity index (χ1n) is 10.8. The Balaban J connectivity index is 1.90. The summed E-state index contributed by atoms with van der Waals surface area (Å²) in [6.45, 7) is 7.13. The zero-order valence-corrected chi connectivity index (χ0v) is 19.6. The highest BCUT2D eigenvalue weighted by Crippen LogP contribution is 2.27. The van der Waals surface area contributed by atoms with Gasteiger partial charge < -0.3 is 9.64 Å². The number of likely N-dealkylation sites (tertiary alicyclic amines) is 1. The maximum absolute atomic E-state index is 13.2. The van der Waals surface area contributed by atoms with Gasteiger partial charge in [0, 0.05) is 19.1 Å². The topological polar surface area (TPSA) is 75.7 Å². The maximum Gasteiger partial charge on any atom is 0.257 e. The molecular formula is C24H32N2O4S. The molecule has 1 amide bonds. The molecule has 1 aliphatic rings. The van der Waals surface area contributed by atoms with Gasteiger partial charge in [0.25, 0.3) is 5.91 Å². The molecule has 0 unspecified atom stereocenters. The summed E-state index contributed by atoms with van der Waals surface area (Å²) in [7, 11) is -2.34. The average molecular weight is 445 g/mol. The molecule has 0 aliphatic carbocycles. The van der Waals surface area contributed by atoms with Gasteiger partial charge in [-0.25, -0.2) is 13.1 Å². The van der Waals surface area contributed by atoms with E-state index in [2.05, 4.69) is 4.72 Å². The number of nitrogens with one attached hydrogen (secondary N) is 1. The molecule has 1 fully saturated rings. The minimum Gasteiger partial charge on any atom is -0.496 e. The first-order chi connectivity index (χ1) is 14.7. The fourth-order valence-electron chi connectivity index (χ4n) is 4.06. The largest absolute Gasteiger partial charge is 0.496 e. The predicted molar refractivity (Wildman–Crippen MR) is 122 cm³/mol. The van der Waals surface area contributed by atoms with E-state index in [0.29, 0.717) is 18.8 Å². The van der Waals surface area contributed by atoms with Gasteiger partial charge in [0.15, 0.2) is 0 Å². The molecule has 1 aliphatic heterocycles. The third-order valence-electron chi connectivity index (χ3n) is 5.84. The summed E-state index contributed by atoms with van der Waals surface area (Å²) in [6.07, 6.45) is 4.13. The fraction of sp³-hybridized carbons (Fsp3) is 0.458. The van der Waals surface area contributed by atoms with Crippen molar-refractivity contribution in [3.8, 4) is 5.75 Å². The Bertz CT molecular complexity index is 1040. The van der Waals surface area contributed by atoms with Gasteiger partial charge in [0.05, 0.1) is 17.6 Å². The van der Waals surface area contributed by atoms with Crippen LogP contribution in [0.3, 0.4) is 0 Å². The lowest BCUT2D eigenvalue weighted by molar-refractivity contribution is 0.0758. The van der Waals surface area contributed by atoms with Crippen molar-refractivity contribution in [3.63, 3.8) is 0 Å². The number of carbonyl (C=O) groups is 1. The lowest BCUT2D eigenvalue weighted by Crippen LogP contribution is -2.32. The molecule has 3 rings (SSSR count). The molecule has 0 bridgehead atoms. The van der Waals surface area contributed by atoms with Crippen LogP contribution in [0, 0.1) is 13.8 Å². The second-order valence-electron chi connectivity index (χ2n) is 8.27. The van der Waals surface area contributed by atoms with Crippen molar-refractivity contribution in [2.45, 2.75) is 57.4 Å². The highest BCUT2D eigenvalue weighted by atomic mass is 32.2. The van der Waals surface area contributed by atoms with Gasteiger partial charge in [0.1, 0.15) is 5.75 Å². The highest BCUT2D eigenvalue weighted by molar-refractivity contribution is 7.89. The maximum atomic E-state index is 13.2. The quantitative estimate of drug-likeness (QED) is 0.718. The highest BCUT2D eigenvalue weighted by Gasteiger charge is 2.25. The zero-order chi connectivity index (χ0) is 22.6. The van der Waals surface area contributed by atoms with Crippen molar-refractivity contribution in [1.82, 2.24) is 9.62 Å². The van der Waals surface area contributed by atoms with Crippen LogP contribution in [0.1, 0.15) is 65.7 Å². The van der Waals surface area contributed by atoms with E-state index in [0.717, 1.165) is 42.4 Å². The Labute approximate surface area is 185 Å². The van der Waals surface area contributed by atoms with Crippen LogP contribution in [0.4, 0.5) is 0 Å². The smallest absolute Gasteiger partial charge is 0.257 e. The van der Waals surface area contributed by atoms with Gasteiger partial charge in [-0.1, -0.05) is 36.6 Å². The normalized spacial score (nSPS) is 15.9. The van der Waals surface area contributed by atoms with Gasteiger partial charge in [-0.2, -0.15) is 0 Å². The SMILES string of the molecule is COc1ccc(S(=O)(=O)N[C@@H](C)c2cc(C)ccc2C)cc1C(=O)N1CCCCCC1. The van der Waals surface area contributed by atoms with Crippen molar-refractivity contribution in [2.24, 2.45) is 0 Å². The standard InChI is InChI=1S/C24H32N2O4S/c1-17-9-10-18(2)21(15-17)19(3)25-31(28,29)20-11-12-23(30-4)22(16-20)24(27)26-13-7-5-6-8-14-26/h9-12,15-16,19,25H,5-8,13-14H2,1-4H3/t19-/m0/s1. The third kappa shape index (κ3) is 5.46. The van der Waals surface area contributed by atoms with Crippen molar-refractivity contribution in [2.75, 3.05) is 20.2 Å². The van der Waals surface area contributed by atoms with Crippen LogP contribution in [-0.2, 0) is 10.0 Å². The summed E-state index contributed by atoms with van der Waals surface area (Å²) < 4.78 is 34.4. The zero-order valence-electron chi connectivity index (χ0n) is 18.8. The number of benzene rings is 2. The second kappa shape index (κ2) is 9.83. The number of amides is 1. The molecule has 0 radical (unpaired) electrons. The van der Waals surface area contributed by atoms with E-state index >= 15 is 0 Å². The molecule has 0 spiro atoms. The number of ether oxygens (including phenoxy) is 1. The first kappa shape index (κ1) is 23.3. The van der Waals surface area contributed by atoms with E-state index in [9.17, 15) is 13.2 Å². The minimum absolute atomic E-state index is 0.0589. The van der Waals surface area contributed by atoms with Crippen LogP contribution >= 0.6 is 0 Å². The Hall–Kier alpha value is -2.38. The molecule has 0 saturated carbocycles. The van der Waals surface area contributed by atoms with Gasteiger partial charge in [-0.05, 0) is 62.9 Å². The number of aryl methyl sites for hydroxylation is 2. The van der Waals surface area contributed by atoms with Gasteiger partial charge in [-0.3, -0.25) is 4.79 Å². The monoisotopic (exact) mass is 444 g/mol. The number of methoxy groups -OCH3 is 1. The summed E-state index contributed by atoms with van der Waals surface area (Å²) in [6, 6.07) is 10.1. The van der Waals surface area contributed by atoms with E-state index < -0.39 is 16.1 Å². The van der Waals surface area contributed by atoms with Crippen molar-refractivity contribution in [3.05, 3.63) is 58.7 Å². The number of rotatable bonds is 6. The van der Waals surface area contributed by atoms with Gasteiger partial charge in [0.2, 0.25) is 10.0 Å². The van der Waals surface area contributed by atoms with Crippen LogP contribution in [0.15, 0.2) is 41.3 Å². The first-order valence-corrected chi connectivity index (χ1v) is 12.3. The number of hydrogen-bond acceptors (Lipinski definition) is 4. The van der Waals surface area contributed by atoms with Crippen LogP contribution in [-0.4, -0.2) is 39.4 Å². The van der Waals surface area contributed by atoms with Crippen molar-refractivity contribution in [1.29, 1.82) is 0 Å². The van der Waals surface area contributed by atoms with Crippen LogP contribution in [0.2, 0.25) is 0 Å². The summed E-state index contributed by atoms with van der Waals surface area (Å²) in [5.41, 5.74) is 3.30. The number of carbonyl (C=O) groups excluding carboxylic acids is 1. The van der Waals surface area contributed by atoms with Crippen LogP contribution < -0.4 is 9.46 Å². The molecule has 1 saturated heterocycles. The molecule has 1 heterocycles. The lowest BCUT2D eigenvalue weighted by Gasteiger charge is -2.22. The summed E-state index contributed by atoms with van der Waals surface area (Å²) in [5.74, 6) is 0.203. The van der Waals surface area contributed by atoms with Gasteiger partial charge in [-0.15, -0.1) is 0 Å².